The Morgan fingerprint density at radius 3 is 2.37 bits per heavy atom. The van der Waals surface area contributed by atoms with Crippen molar-refractivity contribution in [3.63, 3.8) is 0 Å². The molecule has 0 N–H and O–H groups in total. The van der Waals surface area contributed by atoms with Gasteiger partial charge in [-0.2, -0.15) is 5.26 Å². The second kappa shape index (κ2) is 9.53. The van der Waals surface area contributed by atoms with Gasteiger partial charge in [0.05, 0.1) is 11.5 Å². The quantitative estimate of drug-likeness (QED) is 0.495. The summed E-state index contributed by atoms with van der Waals surface area (Å²) in [6.45, 7) is 2.10. The van der Waals surface area contributed by atoms with Crippen LogP contribution in [0.4, 0.5) is 0 Å². The highest BCUT2D eigenvalue weighted by Crippen LogP contribution is 2.47. The largest absolute Gasteiger partial charge is 0.306 e. The molecule has 2 aromatic carbocycles. The molecule has 0 amide bonds. The number of nitriles is 1. The molecule has 0 bridgehead atoms. The highest BCUT2D eigenvalue weighted by atomic mass is 79.9. The molecule has 2 nitrogen and oxygen atoms in total. The average molecular weight is 425 g/mol. The van der Waals surface area contributed by atoms with Gasteiger partial charge >= 0.3 is 0 Å². The van der Waals surface area contributed by atoms with Crippen LogP contribution in [0, 0.1) is 17.2 Å². The first-order valence-electron chi connectivity index (χ1n) is 10.0. The molecule has 3 rings (SSSR count). The van der Waals surface area contributed by atoms with Crippen LogP contribution in [0.5, 0.6) is 0 Å². The van der Waals surface area contributed by atoms with Gasteiger partial charge < -0.3 is 4.90 Å². The van der Waals surface area contributed by atoms with Gasteiger partial charge in [0.15, 0.2) is 0 Å². The Morgan fingerprint density at radius 2 is 1.78 bits per heavy atom. The summed E-state index contributed by atoms with van der Waals surface area (Å²) >= 11 is 3.52. The van der Waals surface area contributed by atoms with E-state index in [1.54, 1.807) is 0 Å². The molecule has 1 saturated carbocycles. The SMILES string of the molecule is CN(CCCC(C#N)(c1ccc(Br)cc1)C1CCC1)CCc1ccccc1. The molecule has 0 radical (unpaired) electrons. The van der Waals surface area contributed by atoms with Gasteiger partial charge in [-0.25, -0.2) is 0 Å². The Kier molecular flexibility index (Phi) is 7.10. The first-order chi connectivity index (χ1) is 13.1. The number of hydrogen-bond donors (Lipinski definition) is 0. The molecule has 3 heteroatoms. The molecule has 1 aliphatic rings. The summed E-state index contributed by atoms with van der Waals surface area (Å²) in [5, 5.41) is 10.2. The van der Waals surface area contributed by atoms with Crippen LogP contribution < -0.4 is 0 Å². The molecule has 1 unspecified atom stereocenters. The van der Waals surface area contributed by atoms with E-state index < -0.39 is 0 Å². The number of nitrogens with zero attached hydrogens (tertiary/aromatic N) is 2. The van der Waals surface area contributed by atoms with Crippen molar-refractivity contribution in [2.75, 3.05) is 20.1 Å². The van der Waals surface area contributed by atoms with E-state index in [4.69, 9.17) is 0 Å². The van der Waals surface area contributed by atoms with Gasteiger partial charge in [-0.05, 0) is 74.9 Å². The summed E-state index contributed by atoms with van der Waals surface area (Å²) in [6.07, 6.45) is 6.73. The minimum Gasteiger partial charge on any atom is -0.306 e. The normalized spacial score (nSPS) is 16.5. The van der Waals surface area contributed by atoms with Crippen LogP contribution in [-0.2, 0) is 11.8 Å². The second-order valence-corrected chi connectivity index (χ2v) is 8.78. The zero-order chi connectivity index (χ0) is 19.1. The van der Waals surface area contributed by atoms with E-state index in [0.717, 1.165) is 36.8 Å². The molecule has 0 spiro atoms. The highest BCUT2D eigenvalue weighted by Gasteiger charge is 2.43. The lowest BCUT2D eigenvalue weighted by Gasteiger charge is -2.41. The highest BCUT2D eigenvalue weighted by molar-refractivity contribution is 9.10. The fourth-order valence-electron chi connectivity index (χ4n) is 4.15. The van der Waals surface area contributed by atoms with Crippen molar-refractivity contribution in [1.82, 2.24) is 4.90 Å². The smallest absolute Gasteiger partial charge is 0.0850 e. The minimum absolute atomic E-state index is 0.320. The Hall–Kier alpha value is -1.63. The lowest BCUT2D eigenvalue weighted by molar-refractivity contribution is 0.189. The predicted molar refractivity (Wildman–Crippen MR) is 116 cm³/mol. The zero-order valence-corrected chi connectivity index (χ0v) is 17.8. The first-order valence-corrected chi connectivity index (χ1v) is 10.8. The number of hydrogen-bond acceptors (Lipinski definition) is 2. The molecular formula is C24H29BrN2. The molecule has 1 aliphatic carbocycles. The summed E-state index contributed by atoms with van der Waals surface area (Å²) in [7, 11) is 2.19. The molecule has 2 aromatic rings. The molecule has 27 heavy (non-hydrogen) atoms. The molecule has 0 heterocycles. The van der Waals surface area contributed by atoms with Gasteiger partial charge in [-0.3, -0.25) is 0 Å². The van der Waals surface area contributed by atoms with Crippen LogP contribution in [0.1, 0.15) is 43.2 Å². The Labute approximate surface area is 172 Å². The van der Waals surface area contributed by atoms with E-state index in [0.29, 0.717) is 5.92 Å². The van der Waals surface area contributed by atoms with Gasteiger partial charge in [0, 0.05) is 11.0 Å². The standard InChI is InChI=1S/C24H29BrN2/c1-27(18-15-20-7-3-2-4-8-20)17-6-16-24(19-26,21-9-5-10-21)22-11-13-23(25)14-12-22/h2-4,7-8,11-14,21H,5-6,9-10,15-18H2,1H3. The minimum atomic E-state index is -0.320. The maximum atomic E-state index is 10.2. The van der Waals surface area contributed by atoms with E-state index in [9.17, 15) is 5.26 Å². The number of benzene rings is 2. The maximum absolute atomic E-state index is 10.2. The fraction of sp³-hybridized carbons (Fsp3) is 0.458. The molecular weight excluding hydrogens is 396 g/mol. The van der Waals surface area contributed by atoms with Crippen molar-refractivity contribution >= 4 is 15.9 Å². The van der Waals surface area contributed by atoms with Gasteiger partial charge in [0.1, 0.15) is 0 Å². The van der Waals surface area contributed by atoms with Crippen molar-refractivity contribution in [3.05, 3.63) is 70.2 Å². The van der Waals surface area contributed by atoms with Crippen molar-refractivity contribution in [3.8, 4) is 6.07 Å². The summed E-state index contributed by atoms with van der Waals surface area (Å²) in [6, 6.07) is 21.9. The lowest BCUT2D eigenvalue weighted by Crippen LogP contribution is -2.39. The monoisotopic (exact) mass is 424 g/mol. The van der Waals surface area contributed by atoms with Gasteiger partial charge in [0.25, 0.3) is 0 Å². The topological polar surface area (TPSA) is 27.0 Å². The Morgan fingerprint density at radius 1 is 1.07 bits per heavy atom. The maximum Gasteiger partial charge on any atom is 0.0850 e. The van der Waals surface area contributed by atoms with E-state index in [-0.39, 0.29) is 5.41 Å². The third-order valence-corrected chi connectivity index (χ3v) is 6.63. The average Bonchev–Trinajstić information content (AvgIpc) is 2.65. The Bertz CT molecular complexity index is 746. The van der Waals surface area contributed by atoms with Crippen LogP contribution in [0.3, 0.4) is 0 Å². The van der Waals surface area contributed by atoms with Crippen LogP contribution in [0.2, 0.25) is 0 Å². The van der Waals surface area contributed by atoms with Gasteiger partial charge in [-0.1, -0.05) is 64.8 Å². The third-order valence-electron chi connectivity index (χ3n) is 6.10. The first kappa shape index (κ1) is 20.1. The zero-order valence-electron chi connectivity index (χ0n) is 16.2. The second-order valence-electron chi connectivity index (χ2n) is 7.86. The van der Waals surface area contributed by atoms with E-state index in [2.05, 4.69) is 88.5 Å². The van der Waals surface area contributed by atoms with Crippen LogP contribution in [-0.4, -0.2) is 25.0 Å². The summed E-state index contributed by atoms with van der Waals surface area (Å²) < 4.78 is 1.08. The third kappa shape index (κ3) is 5.00. The number of likely N-dealkylation sites (N-methyl/N-ethyl adjacent to an activating group) is 1. The summed E-state index contributed by atoms with van der Waals surface area (Å²) in [5.74, 6) is 0.512. The lowest BCUT2D eigenvalue weighted by atomic mass is 9.61. The van der Waals surface area contributed by atoms with Gasteiger partial charge in [-0.15, -0.1) is 0 Å². The molecule has 0 aromatic heterocycles. The molecule has 1 atom stereocenters. The Balaban J connectivity index is 1.58. The van der Waals surface area contributed by atoms with E-state index in [1.807, 2.05) is 0 Å². The van der Waals surface area contributed by atoms with Crippen LogP contribution in [0.15, 0.2) is 59.1 Å². The predicted octanol–water partition coefficient (Wildman–Crippen LogP) is 5.97. The van der Waals surface area contributed by atoms with E-state index in [1.165, 1.54) is 30.4 Å². The van der Waals surface area contributed by atoms with Gasteiger partial charge in [0.2, 0.25) is 0 Å². The van der Waals surface area contributed by atoms with Crippen LogP contribution in [0.25, 0.3) is 0 Å². The van der Waals surface area contributed by atoms with Crippen molar-refractivity contribution < 1.29 is 0 Å². The summed E-state index contributed by atoms with van der Waals surface area (Å²) in [5.41, 5.74) is 2.27. The van der Waals surface area contributed by atoms with Crippen molar-refractivity contribution in [2.45, 2.75) is 43.9 Å². The fourth-order valence-corrected chi connectivity index (χ4v) is 4.41. The molecule has 1 fully saturated rings. The van der Waals surface area contributed by atoms with Crippen molar-refractivity contribution in [1.29, 1.82) is 5.26 Å². The number of rotatable bonds is 9. The molecule has 142 valence electrons. The molecule has 0 aliphatic heterocycles. The van der Waals surface area contributed by atoms with E-state index >= 15 is 0 Å². The number of halogens is 1. The van der Waals surface area contributed by atoms with Crippen LogP contribution >= 0.6 is 15.9 Å². The summed E-state index contributed by atoms with van der Waals surface area (Å²) in [4.78, 5) is 2.40. The van der Waals surface area contributed by atoms with Crippen molar-refractivity contribution in [2.24, 2.45) is 5.92 Å². The molecule has 0 saturated heterocycles.